The number of anilines is 3. The molecule has 0 aliphatic rings. The van der Waals surface area contributed by atoms with E-state index in [2.05, 4.69) is 46.5 Å². The summed E-state index contributed by atoms with van der Waals surface area (Å²) < 4.78 is 21.8. The molecule has 60 heavy (non-hydrogen) atoms. The average molecular weight is 876 g/mol. The minimum atomic E-state index is -1.66. The van der Waals surface area contributed by atoms with Gasteiger partial charge in [-0.2, -0.15) is 0 Å². The lowest BCUT2D eigenvalue weighted by Crippen LogP contribution is -2.31. The van der Waals surface area contributed by atoms with Crippen LogP contribution in [0.4, 0.5) is 15.4 Å². The van der Waals surface area contributed by atoms with Crippen LogP contribution < -0.4 is 34.9 Å². The highest BCUT2D eigenvalue weighted by atomic mass is 32.1. The summed E-state index contributed by atoms with van der Waals surface area (Å²) in [6.45, 7) is 6.13. The molecule has 5 rings (SSSR count). The Kier molecular flexibility index (Phi) is 16.4. The first-order valence-electron chi connectivity index (χ1n) is 18.3. The van der Waals surface area contributed by atoms with Crippen LogP contribution in [0.5, 0.6) is 23.0 Å². The van der Waals surface area contributed by atoms with E-state index < -0.39 is 35.2 Å². The Hall–Kier alpha value is -6.45. The maximum absolute atomic E-state index is 13.6. The van der Waals surface area contributed by atoms with Crippen LogP contribution in [0.2, 0.25) is 0 Å². The van der Waals surface area contributed by atoms with Gasteiger partial charge in [0.1, 0.15) is 20.9 Å². The molecule has 0 saturated heterocycles. The molecule has 0 spiro atoms. The van der Waals surface area contributed by atoms with E-state index in [0.29, 0.717) is 26.5 Å². The number of carbonyl (C=O) groups is 5. The van der Waals surface area contributed by atoms with Gasteiger partial charge < -0.3 is 34.9 Å². The summed E-state index contributed by atoms with van der Waals surface area (Å²) in [6.07, 6.45) is 5.10. The van der Waals surface area contributed by atoms with E-state index in [1.807, 2.05) is 13.8 Å². The topological polar surface area (TPSA) is 236 Å². The van der Waals surface area contributed by atoms with Crippen LogP contribution in [-0.4, -0.2) is 93.7 Å². The number of benzene rings is 2. The van der Waals surface area contributed by atoms with Crippen LogP contribution in [0, 0.1) is 26.7 Å². The monoisotopic (exact) mass is 875 g/mol. The van der Waals surface area contributed by atoms with Crippen molar-refractivity contribution in [3.05, 3.63) is 74.7 Å². The first kappa shape index (κ1) is 44.6. The third kappa shape index (κ3) is 13.6. The summed E-state index contributed by atoms with van der Waals surface area (Å²) in [7, 11) is 2.81. The Balaban J connectivity index is 1.23. The molecule has 0 bridgehead atoms. The number of aryl methyl sites for hydroxylation is 3. The maximum Gasteiger partial charge on any atom is 0.313 e. The number of ketones is 3. The van der Waals surface area contributed by atoms with E-state index in [1.54, 1.807) is 31.2 Å². The summed E-state index contributed by atoms with van der Waals surface area (Å²) in [4.78, 5) is 65.8. The van der Waals surface area contributed by atoms with Gasteiger partial charge in [-0.3, -0.25) is 24.0 Å². The number of ether oxygens (including phenoxy) is 4. The molecule has 0 amide bonds. The summed E-state index contributed by atoms with van der Waals surface area (Å²) in [5.41, 5.74) is 0.957. The standard InChI is InChI=1S/C39H41N9O9S3/c1-22-43-46-37(58-22)40-17-14-29(51)36(27(49)10-6-25-8-12-30(32(20-25)54-4)56-34(52)15-18-41-38-47-44-23(2)59-38)28(50)11-7-26-9-13-31(33(21-26)55-5)57-35(53)16-19-42-39-48-45-24(3)60-39/h6-13,20-21,36H,14-19H2,1-5H3,(H,40,46)(H,41,47)(H,42,48)/b10-6+,11-7+. The molecular formula is C39H41N9O9S3. The second-order valence-corrected chi connectivity index (χ2v) is 16.1. The molecule has 18 nitrogen and oxygen atoms in total. The zero-order chi connectivity index (χ0) is 43.0. The number of Topliss-reactive ketones (excluding diaryl/α,β-unsaturated/α-hetero) is 1. The number of carbonyl (C=O) groups excluding carboxylic acids is 5. The predicted octanol–water partition coefficient (Wildman–Crippen LogP) is 5.55. The van der Waals surface area contributed by atoms with Crippen LogP contribution in [-0.2, 0) is 24.0 Å². The van der Waals surface area contributed by atoms with Gasteiger partial charge in [-0.1, -0.05) is 58.3 Å². The van der Waals surface area contributed by atoms with Crippen LogP contribution in [0.1, 0.15) is 45.4 Å². The smallest absolute Gasteiger partial charge is 0.313 e. The fourth-order valence-electron chi connectivity index (χ4n) is 5.18. The number of allylic oxidation sites excluding steroid dienone is 2. The van der Waals surface area contributed by atoms with Gasteiger partial charge in [0.05, 0.1) is 27.1 Å². The lowest BCUT2D eigenvalue weighted by atomic mass is 9.91. The molecule has 0 aliphatic heterocycles. The van der Waals surface area contributed by atoms with Crippen molar-refractivity contribution in [2.24, 2.45) is 5.92 Å². The maximum atomic E-state index is 13.6. The van der Waals surface area contributed by atoms with Crippen LogP contribution in [0.15, 0.2) is 48.6 Å². The molecule has 0 radical (unpaired) electrons. The van der Waals surface area contributed by atoms with Crippen molar-refractivity contribution in [3.63, 3.8) is 0 Å². The van der Waals surface area contributed by atoms with Crippen molar-refractivity contribution in [2.45, 2.75) is 40.0 Å². The number of nitrogens with one attached hydrogen (secondary N) is 3. The van der Waals surface area contributed by atoms with Crippen molar-refractivity contribution in [3.8, 4) is 23.0 Å². The molecule has 0 saturated carbocycles. The van der Waals surface area contributed by atoms with Crippen molar-refractivity contribution in [1.29, 1.82) is 0 Å². The second-order valence-electron chi connectivity index (χ2n) is 12.5. The largest absolute Gasteiger partial charge is 0.493 e. The SMILES string of the molecule is COc1cc(/C=C/C(=O)C(C(=O)/C=C/c2ccc(OC(=O)CCNc3nnc(C)s3)c(OC)c2)C(=O)CCNc2nnc(C)s2)ccc1OC(=O)CCNc1nnc(C)s1. The van der Waals surface area contributed by atoms with E-state index in [0.717, 1.165) is 27.2 Å². The molecule has 0 unspecified atom stereocenters. The van der Waals surface area contributed by atoms with Gasteiger partial charge >= 0.3 is 11.9 Å². The van der Waals surface area contributed by atoms with Gasteiger partial charge in [0.15, 0.2) is 40.3 Å². The van der Waals surface area contributed by atoms with Gasteiger partial charge in [0.2, 0.25) is 15.4 Å². The highest BCUT2D eigenvalue weighted by Gasteiger charge is 2.30. The number of esters is 2. The summed E-state index contributed by atoms with van der Waals surface area (Å²) in [5, 5.41) is 36.7. The van der Waals surface area contributed by atoms with Gasteiger partial charge in [-0.15, -0.1) is 30.6 Å². The van der Waals surface area contributed by atoms with Crippen molar-refractivity contribution in [1.82, 2.24) is 30.6 Å². The normalized spacial score (nSPS) is 11.2. The van der Waals surface area contributed by atoms with E-state index in [4.69, 9.17) is 18.9 Å². The quantitative estimate of drug-likeness (QED) is 0.0316. The fourth-order valence-corrected chi connectivity index (χ4v) is 7.03. The molecule has 5 aromatic rings. The minimum absolute atomic E-state index is 0.0473. The Labute approximate surface area is 356 Å². The van der Waals surface area contributed by atoms with E-state index in [-0.39, 0.29) is 61.9 Å². The molecule has 3 N–H and O–H groups in total. The van der Waals surface area contributed by atoms with E-state index >= 15 is 0 Å². The second kappa shape index (κ2) is 22.1. The van der Waals surface area contributed by atoms with Crippen LogP contribution in [0.3, 0.4) is 0 Å². The van der Waals surface area contributed by atoms with Crippen molar-refractivity contribution >= 4 is 90.8 Å². The third-order valence-electron chi connectivity index (χ3n) is 8.03. The van der Waals surface area contributed by atoms with Crippen molar-refractivity contribution < 1.29 is 42.9 Å². The summed E-state index contributed by atoms with van der Waals surface area (Å²) in [6, 6.07) is 9.31. The Morgan fingerprint density at radius 1 is 0.567 bits per heavy atom. The first-order chi connectivity index (χ1) is 28.9. The number of rotatable bonds is 23. The van der Waals surface area contributed by atoms with E-state index in [1.165, 1.54) is 72.5 Å². The minimum Gasteiger partial charge on any atom is -0.493 e. The predicted molar refractivity (Wildman–Crippen MR) is 227 cm³/mol. The highest BCUT2D eigenvalue weighted by molar-refractivity contribution is 7.15. The number of nitrogens with zero attached hydrogens (tertiary/aromatic N) is 6. The Morgan fingerprint density at radius 3 is 1.30 bits per heavy atom. The lowest BCUT2D eigenvalue weighted by Gasteiger charge is -2.12. The summed E-state index contributed by atoms with van der Waals surface area (Å²) in [5.74, 6) is -4.00. The van der Waals surface area contributed by atoms with Gasteiger partial charge in [0, 0.05) is 26.1 Å². The lowest BCUT2D eigenvalue weighted by molar-refractivity contribution is -0.137. The van der Waals surface area contributed by atoms with E-state index in [9.17, 15) is 24.0 Å². The molecular weight excluding hydrogens is 835 g/mol. The average Bonchev–Trinajstić information content (AvgIpc) is 3.97. The first-order valence-corrected chi connectivity index (χ1v) is 20.7. The van der Waals surface area contributed by atoms with Gasteiger partial charge in [-0.25, -0.2) is 0 Å². The summed E-state index contributed by atoms with van der Waals surface area (Å²) >= 11 is 4.04. The Morgan fingerprint density at radius 2 is 0.950 bits per heavy atom. The molecule has 0 fully saturated rings. The Bertz CT molecular complexity index is 2240. The number of aromatic nitrogens is 6. The van der Waals surface area contributed by atoms with Crippen LogP contribution >= 0.6 is 34.0 Å². The van der Waals surface area contributed by atoms with Crippen molar-refractivity contribution in [2.75, 3.05) is 49.8 Å². The number of methoxy groups -OCH3 is 2. The third-order valence-corrected chi connectivity index (χ3v) is 10.4. The van der Waals surface area contributed by atoms with Crippen LogP contribution in [0.25, 0.3) is 12.2 Å². The molecule has 3 aromatic heterocycles. The number of hydrogen-bond donors (Lipinski definition) is 3. The van der Waals surface area contributed by atoms with Gasteiger partial charge in [-0.05, 0) is 68.3 Å². The molecule has 0 aliphatic carbocycles. The van der Waals surface area contributed by atoms with Gasteiger partial charge in [0.25, 0.3) is 0 Å². The fraction of sp³-hybridized carbons (Fsp3) is 0.308. The molecule has 21 heteroatoms. The molecule has 2 aromatic carbocycles. The zero-order valence-corrected chi connectivity index (χ0v) is 35.6. The molecule has 314 valence electrons. The highest BCUT2D eigenvalue weighted by Crippen LogP contribution is 2.31. The molecule has 3 heterocycles. The zero-order valence-electron chi connectivity index (χ0n) is 33.2. The number of hydrogen-bond acceptors (Lipinski definition) is 21. The molecule has 0 atom stereocenters.